The van der Waals surface area contributed by atoms with Crippen LogP contribution in [0.25, 0.3) is 0 Å². The van der Waals surface area contributed by atoms with Crippen molar-refractivity contribution in [2.75, 3.05) is 13.2 Å². The number of carboxylic acids is 1. The van der Waals surface area contributed by atoms with Gasteiger partial charge in [0.05, 0.1) is 18.7 Å². The Balaban J connectivity index is 1.37. The average molecular weight is 808 g/mol. The predicted octanol–water partition coefficient (Wildman–Crippen LogP) is 0.324. The normalized spacial score (nSPS) is 29.7. The largest absolute Gasteiger partial charge is 0.481 e. The van der Waals surface area contributed by atoms with E-state index in [1.54, 1.807) is 0 Å². The van der Waals surface area contributed by atoms with Crippen LogP contribution in [0.3, 0.4) is 0 Å². The highest BCUT2D eigenvalue weighted by Gasteiger charge is 2.50. The summed E-state index contributed by atoms with van der Waals surface area (Å²) in [4.78, 5) is 26.2. The fraction of sp³-hybridized carbons (Fsp3) is 0.515. The highest BCUT2D eigenvalue weighted by atomic mass is 35.5. The molecule has 2 fully saturated rings. The molecule has 0 amide bonds. The number of aliphatic hydroxyl groups is 6. The molecule has 2 aromatic carbocycles. The van der Waals surface area contributed by atoms with E-state index in [0.29, 0.717) is 5.02 Å². The van der Waals surface area contributed by atoms with Crippen LogP contribution >= 0.6 is 11.6 Å². The van der Waals surface area contributed by atoms with Crippen molar-refractivity contribution < 1.29 is 86.9 Å². The highest BCUT2D eigenvalue weighted by molar-refractivity contribution is 6.30. The number of benzene rings is 2. The van der Waals surface area contributed by atoms with Crippen molar-refractivity contribution in [2.45, 2.75) is 93.1 Å². The molecule has 7 N–H and O–H groups in total. The van der Waals surface area contributed by atoms with E-state index in [2.05, 4.69) is 10.1 Å². The molecule has 302 valence electrons. The van der Waals surface area contributed by atoms with Gasteiger partial charge >= 0.3 is 18.1 Å². The standard InChI is InChI=1S/C33H37ClF3N3O15/c1-32(12-40-14-38-13-39-40,18-7-6-17(8-19(18)33(35,36)37)52-16-4-2-15(34)3-5-16)55-31-29(49)27(47)25(45)21(54-31)11-51-30-28(48)26(46)24(44)20(53-30)10-50-23(43)9-22(41)42/h2-8,13-14,20-21,24-31,44-49H,9-12H2,1H3,(H,41,42)/t20-,21-,24-,25-,26+,27+,28-,29-,30+,31-,32?/m1/s1. The van der Waals surface area contributed by atoms with Crippen molar-refractivity contribution in [3.63, 3.8) is 0 Å². The minimum absolute atomic E-state index is 0.193. The summed E-state index contributed by atoms with van der Waals surface area (Å²) in [5.74, 6) is -2.70. The third-order valence-electron chi connectivity index (χ3n) is 8.69. The number of halogens is 4. The van der Waals surface area contributed by atoms with Crippen molar-refractivity contribution in [1.82, 2.24) is 14.8 Å². The summed E-state index contributed by atoms with van der Waals surface area (Å²) in [6.45, 7) is -0.773. The Morgan fingerprint density at radius 1 is 0.836 bits per heavy atom. The first-order valence-electron chi connectivity index (χ1n) is 16.4. The highest BCUT2D eigenvalue weighted by Crippen LogP contribution is 2.43. The van der Waals surface area contributed by atoms with Crippen LogP contribution in [0.4, 0.5) is 13.2 Å². The number of hydrogen-bond acceptors (Lipinski definition) is 16. The fourth-order valence-electron chi connectivity index (χ4n) is 5.87. The number of aliphatic carboxylic acids is 1. The van der Waals surface area contributed by atoms with Crippen LogP contribution in [0, 0.1) is 0 Å². The number of aliphatic hydroxyl groups excluding tert-OH is 6. The molecule has 5 rings (SSSR count). The third-order valence-corrected chi connectivity index (χ3v) is 8.94. The van der Waals surface area contributed by atoms with E-state index in [1.165, 1.54) is 43.6 Å². The first-order valence-corrected chi connectivity index (χ1v) is 16.8. The van der Waals surface area contributed by atoms with Crippen molar-refractivity contribution >= 4 is 23.5 Å². The Hall–Kier alpha value is -4.00. The summed E-state index contributed by atoms with van der Waals surface area (Å²) in [5, 5.41) is 76.7. The Labute approximate surface area is 314 Å². The molecule has 1 unspecified atom stereocenters. The van der Waals surface area contributed by atoms with Gasteiger partial charge in [0, 0.05) is 5.02 Å². The van der Waals surface area contributed by atoms with Gasteiger partial charge in [0.25, 0.3) is 0 Å². The number of carbonyl (C=O) groups excluding carboxylic acids is 1. The topological polar surface area (TPSA) is 262 Å². The van der Waals surface area contributed by atoms with E-state index < -0.39 is 122 Å². The maximum atomic E-state index is 14.7. The van der Waals surface area contributed by atoms with Crippen LogP contribution in [-0.4, -0.2) is 137 Å². The van der Waals surface area contributed by atoms with E-state index >= 15 is 0 Å². The van der Waals surface area contributed by atoms with Crippen LogP contribution in [0.1, 0.15) is 24.5 Å². The average Bonchev–Trinajstić information content (AvgIpc) is 3.63. The number of alkyl halides is 3. The second-order valence-corrected chi connectivity index (χ2v) is 13.3. The van der Waals surface area contributed by atoms with Gasteiger partial charge in [-0.1, -0.05) is 17.7 Å². The van der Waals surface area contributed by atoms with E-state index in [9.17, 15) is 53.4 Å². The summed E-state index contributed by atoms with van der Waals surface area (Å²) in [6, 6.07) is 8.95. The molecule has 55 heavy (non-hydrogen) atoms. The van der Waals surface area contributed by atoms with Crippen LogP contribution < -0.4 is 4.74 Å². The first kappa shape index (κ1) is 42.1. The molecule has 0 spiro atoms. The number of hydrogen-bond donors (Lipinski definition) is 7. The van der Waals surface area contributed by atoms with Gasteiger partial charge in [-0.3, -0.25) is 9.59 Å². The van der Waals surface area contributed by atoms with Gasteiger partial charge in [0.1, 0.15) is 91.6 Å². The number of carboxylic acid groups (broad SMARTS) is 1. The molecule has 18 nitrogen and oxygen atoms in total. The molecule has 0 aliphatic carbocycles. The molecule has 22 heteroatoms. The smallest absolute Gasteiger partial charge is 0.416 e. The maximum absolute atomic E-state index is 14.7. The van der Waals surface area contributed by atoms with Gasteiger partial charge in [-0.2, -0.15) is 18.3 Å². The summed E-state index contributed by atoms with van der Waals surface area (Å²) >= 11 is 5.90. The molecular formula is C33H37ClF3N3O15. The number of rotatable bonds is 14. The molecule has 2 aliphatic rings. The first-order chi connectivity index (χ1) is 25.9. The molecule has 1 aromatic heterocycles. The number of nitrogens with zero attached hydrogens (tertiary/aromatic N) is 3. The van der Waals surface area contributed by atoms with Crippen molar-refractivity contribution in [3.8, 4) is 11.5 Å². The molecule has 0 saturated carbocycles. The fourth-order valence-corrected chi connectivity index (χ4v) is 6.00. The molecule has 2 saturated heterocycles. The number of aromatic nitrogens is 3. The molecule has 11 atom stereocenters. The zero-order valence-electron chi connectivity index (χ0n) is 28.5. The van der Waals surface area contributed by atoms with Gasteiger partial charge in [0.2, 0.25) is 0 Å². The number of esters is 1. The van der Waals surface area contributed by atoms with Gasteiger partial charge in [0.15, 0.2) is 12.6 Å². The summed E-state index contributed by atoms with van der Waals surface area (Å²) in [5.41, 5.74) is -3.77. The lowest BCUT2D eigenvalue weighted by atomic mass is 9.89. The Kier molecular flexibility index (Phi) is 13.4. The second-order valence-electron chi connectivity index (χ2n) is 12.8. The molecule has 2 aliphatic heterocycles. The Bertz CT molecular complexity index is 1760. The van der Waals surface area contributed by atoms with Crippen molar-refractivity contribution in [3.05, 3.63) is 71.3 Å². The molecule has 3 aromatic rings. The molecular weight excluding hydrogens is 771 g/mol. The minimum Gasteiger partial charge on any atom is -0.481 e. The van der Waals surface area contributed by atoms with Crippen LogP contribution in [0.5, 0.6) is 11.5 Å². The van der Waals surface area contributed by atoms with E-state index in [4.69, 9.17) is 45.1 Å². The van der Waals surface area contributed by atoms with Crippen molar-refractivity contribution in [1.29, 1.82) is 0 Å². The van der Waals surface area contributed by atoms with Crippen molar-refractivity contribution in [2.24, 2.45) is 0 Å². The molecule has 0 radical (unpaired) electrons. The van der Waals surface area contributed by atoms with E-state index in [1.807, 2.05) is 0 Å². The Morgan fingerprint density at radius 2 is 1.44 bits per heavy atom. The van der Waals surface area contributed by atoms with Crippen LogP contribution in [-0.2, 0) is 51.6 Å². The van der Waals surface area contributed by atoms with E-state index in [0.717, 1.165) is 23.1 Å². The monoisotopic (exact) mass is 807 g/mol. The molecule has 3 heterocycles. The lowest BCUT2D eigenvalue weighted by Gasteiger charge is -2.45. The minimum atomic E-state index is -4.99. The lowest BCUT2D eigenvalue weighted by molar-refractivity contribution is -0.346. The van der Waals surface area contributed by atoms with Crippen LogP contribution in [0.2, 0.25) is 5.02 Å². The number of carbonyl (C=O) groups is 2. The zero-order valence-corrected chi connectivity index (χ0v) is 29.3. The zero-order chi connectivity index (χ0) is 40.2. The van der Waals surface area contributed by atoms with E-state index in [-0.39, 0.29) is 11.5 Å². The molecule has 0 bridgehead atoms. The third kappa shape index (κ3) is 10.3. The van der Waals surface area contributed by atoms with Gasteiger partial charge in [-0.15, -0.1) is 0 Å². The van der Waals surface area contributed by atoms with Crippen LogP contribution in [0.15, 0.2) is 55.1 Å². The predicted molar refractivity (Wildman–Crippen MR) is 174 cm³/mol. The Morgan fingerprint density at radius 3 is 2.04 bits per heavy atom. The summed E-state index contributed by atoms with van der Waals surface area (Å²) in [6.07, 6.45) is -22.4. The summed E-state index contributed by atoms with van der Waals surface area (Å²) in [7, 11) is 0. The van der Waals surface area contributed by atoms with Gasteiger partial charge < -0.3 is 64.2 Å². The van der Waals surface area contributed by atoms with Gasteiger partial charge in [-0.25, -0.2) is 9.67 Å². The van der Waals surface area contributed by atoms with Gasteiger partial charge in [-0.05, 0) is 48.9 Å². The quantitative estimate of drug-likeness (QED) is 0.0855. The second kappa shape index (κ2) is 17.4. The lowest BCUT2D eigenvalue weighted by Crippen LogP contribution is -2.62. The SMILES string of the molecule is CC(Cn1cncn1)(O[C@H]1O[C@H](CO[C@H]2O[C@H](COC(=O)CC(=O)O)[C@@H](O)[C@H](O)[C@H]2O)[C@@H](O)[C@H](O)[C@H]1O)c1ccc(Oc2ccc(Cl)cc2)cc1C(F)(F)F. The maximum Gasteiger partial charge on any atom is 0.416 e. The number of ether oxygens (including phenoxy) is 6. The summed E-state index contributed by atoms with van der Waals surface area (Å²) < 4.78 is 78.4.